The van der Waals surface area contributed by atoms with E-state index in [-0.39, 0.29) is 18.0 Å². The quantitative estimate of drug-likeness (QED) is 0.773. The van der Waals surface area contributed by atoms with Gasteiger partial charge >= 0.3 is 0 Å². The number of hydrogen-bond acceptors (Lipinski definition) is 4. The van der Waals surface area contributed by atoms with Crippen LogP contribution in [0, 0.1) is 5.92 Å². The predicted octanol–water partition coefficient (Wildman–Crippen LogP) is 4.46. The summed E-state index contributed by atoms with van der Waals surface area (Å²) in [6, 6.07) is 10.3. The molecule has 1 aliphatic rings. The van der Waals surface area contributed by atoms with E-state index in [1.165, 1.54) is 5.56 Å². The molecule has 0 bridgehead atoms. The van der Waals surface area contributed by atoms with E-state index in [0.29, 0.717) is 19.1 Å². The Bertz CT molecular complexity index is 566. The molecule has 0 N–H and O–H groups in total. The van der Waals surface area contributed by atoms with E-state index >= 15 is 0 Å². The summed E-state index contributed by atoms with van der Waals surface area (Å²) in [5.74, 6) is 2.05. The molecule has 0 amide bonds. The lowest BCUT2D eigenvalue weighted by Gasteiger charge is -2.32. The maximum atomic E-state index is 5.89. The second-order valence-electron chi connectivity index (χ2n) is 6.36. The molecule has 1 aromatic rings. The minimum Gasteiger partial charge on any atom is -0.480 e. The predicted molar refractivity (Wildman–Crippen MR) is 100 cm³/mol. The Hall–Kier alpha value is -1.84. The molecule has 1 aliphatic heterocycles. The SMILES string of the molecule is CCOC1=N[C@H](C(C)C)C(OCC)=N[C@H]1[C@H](CC)c1ccccc1. The van der Waals surface area contributed by atoms with E-state index in [1.54, 1.807) is 0 Å². The van der Waals surface area contributed by atoms with Crippen LogP contribution in [0.25, 0.3) is 0 Å². The van der Waals surface area contributed by atoms with Crippen molar-refractivity contribution in [2.24, 2.45) is 15.9 Å². The van der Waals surface area contributed by atoms with Crippen LogP contribution in [0.1, 0.15) is 52.5 Å². The Morgan fingerprint density at radius 3 is 1.92 bits per heavy atom. The topological polar surface area (TPSA) is 43.2 Å². The fraction of sp³-hybridized carbons (Fsp3) is 0.600. The highest BCUT2D eigenvalue weighted by atomic mass is 16.5. The summed E-state index contributed by atoms with van der Waals surface area (Å²) in [5.41, 5.74) is 1.26. The molecule has 0 saturated heterocycles. The second-order valence-corrected chi connectivity index (χ2v) is 6.36. The molecule has 0 spiro atoms. The van der Waals surface area contributed by atoms with E-state index < -0.39 is 0 Å². The first-order valence-corrected chi connectivity index (χ1v) is 9.08. The van der Waals surface area contributed by atoms with Crippen LogP contribution in [0.15, 0.2) is 40.3 Å². The van der Waals surface area contributed by atoms with Gasteiger partial charge in [-0.1, -0.05) is 51.1 Å². The van der Waals surface area contributed by atoms with Gasteiger partial charge in [0.15, 0.2) is 0 Å². The molecule has 0 aromatic heterocycles. The van der Waals surface area contributed by atoms with Crippen LogP contribution in [0.3, 0.4) is 0 Å². The average molecular weight is 330 g/mol. The van der Waals surface area contributed by atoms with Gasteiger partial charge in [-0.15, -0.1) is 0 Å². The zero-order chi connectivity index (χ0) is 17.5. The third-order valence-electron chi connectivity index (χ3n) is 4.30. The van der Waals surface area contributed by atoms with E-state index in [9.17, 15) is 0 Å². The zero-order valence-corrected chi connectivity index (χ0v) is 15.5. The lowest BCUT2D eigenvalue weighted by molar-refractivity contribution is 0.270. The van der Waals surface area contributed by atoms with Crippen molar-refractivity contribution in [1.29, 1.82) is 0 Å². The number of rotatable bonds is 6. The first kappa shape index (κ1) is 18.5. The molecule has 0 fully saturated rings. The van der Waals surface area contributed by atoms with Gasteiger partial charge in [-0.3, -0.25) is 0 Å². The van der Waals surface area contributed by atoms with Crippen molar-refractivity contribution in [2.75, 3.05) is 13.2 Å². The summed E-state index contributed by atoms with van der Waals surface area (Å²) < 4.78 is 11.7. The van der Waals surface area contributed by atoms with Gasteiger partial charge in [0, 0.05) is 5.92 Å². The molecule has 4 heteroatoms. The van der Waals surface area contributed by atoms with Crippen molar-refractivity contribution in [3.63, 3.8) is 0 Å². The van der Waals surface area contributed by atoms with Crippen LogP contribution in [0.5, 0.6) is 0 Å². The summed E-state index contributed by atoms with van der Waals surface area (Å²) in [5, 5.41) is 0. The van der Waals surface area contributed by atoms with Gasteiger partial charge in [-0.2, -0.15) is 0 Å². The van der Waals surface area contributed by atoms with Gasteiger partial charge in [0.2, 0.25) is 11.8 Å². The molecule has 3 atom stereocenters. The van der Waals surface area contributed by atoms with E-state index in [1.807, 2.05) is 19.9 Å². The van der Waals surface area contributed by atoms with Crippen molar-refractivity contribution >= 4 is 11.8 Å². The molecular weight excluding hydrogens is 300 g/mol. The van der Waals surface area contributed by atoms with Gasteiger partial charge in [-0.05, 0) is 31.7 Å². The number of hydrogen-bond donors (Lipinski definition) is 0. The highest BCUT2D eigenvalue weighted by Crippen LogP contribution is 2.30. The van der Waals surface area contributed by atoms with Crippen molar-refractivity contribution in [3.05, 3.63) is 35.9 Å². The molecule has 0 saturated carbocycles. The van der Waals surface area contributed by atoms with Crippen LogP contribution >= 0.6 is 0 Å². The standard InChI is InChI=1S/C20H30N2O2/c1-6-16(15-12-10-9-11-13-15)18-20(24-8-3)21-17(14(4)5)19(22-18)23-7-2/h9-14,16-18H,6-8H2,1-5H3/t16-,17-,18+/m1/s1. The summed E-state index contributed by atoms with van der Waals surface area (Å²) in [4.78, 5) is 9.85. The first-order chi connectivity index (χ1) is 11.6. The molecular formula is C20H30N2O2. The van der Waals surface area contributed by atoms with Crippen molar-refractivity contribution in [1.82, 2.24) is 0 Å². The fourth-order valence-corrected chi connectivity index (χ4v) is 3.12. The molecule has 4 nitrogen and oxygen atoms in total. The summed E-state index contributed by atoms with van der Waals surface area (Å²) in [6.45, 7) is 11.7. The summed E-state index contributed by atoms with van der Waals surface area (Å²) in [7, 11) is 0. The molecule has 132 valence electrons. The number of nitrogens with zero attached hydrogens (tertiary/aromatic N) is 2. The highest BCUT2D eigenvalue weighted by molar-refractivity contribution is 5.94. The number of ether oxygens (including phenoxy) is 2. The van der Waals surface area contributed by atoms with Crippen molar-refractivity contribution < 1.29 is 9.47 Å². The molecule has 0 radical (unpaired) electrons. The monoisotopic (exact) mass is 330 g/mol. The van der Waals surface area contributed by atoms with Crippen LogP contribution < -0.4 is 0 Å². The first-order valence-electron chi connectivity index (χ1n) is 9.08. The third-order valence-corrected chi connectivity index (χ3v) is 4.30. The Kier molecular flexibility index (Phi) is 6.83. The van der Waals surface area contributed by atoms with Crippen LogP contribution in [-0.4, -0.2) is 37.1 Å². The molecule has 24 heavy (non-hydrogen) atoms. The lowest BCUT2D eigenvalue weighted by atomic mass is 9.88. The van der Waals surface area contributed by atoms with Gasteiger partial charge in [0.25, 0.3) is 0 Å². The minimum atomic E-state index is -0.117. The molecule has 2 rings (SSSR count). The third kappa shape index (κ3) is 4.16. The largest absolute Gasteiger partial charge is 0.480 e. The van der Waals surface area contributed by atoms with Crippen molar-refractivity contribution in [3.8, 4) is 0 Å². The molecule has 1 aromatic carbocycles. The molecule has 0 aliphatic carbocycles. The van der Waals surface area contributed by atoms with E-state index in [2.05, 4.69) is 45.0 Å². The maximum absolute atomic E-state index is 5.89. The van der Waals surface area contributed by atoms with E-state index in [4.69, 9.17) is 19.5 Å². The minimum absolute atomic E-state index is 0.0592. The van der Waals surface area contributed by atoms with Crippen molar-refractivity contribution in [2.45, 2.75) is 59.0 Å². The molecule has 1 heterocycles. The average Bonchev–Trinajstić information content (AvgIpc) is 2.58. The van der Waals surface area contributed by atoms with Gasteiger partial charge in [0.05, 0.1) is 13.2 Å². The Morgan fingerprint density at radius 2 is 1.42 bits per heavy atom. The van der Waals surface area contributed by atoms with Gasteiger partial charge < -0.3 is 9.47 Å². The van der Waals surface area contributed by atoms with Crippen LogP contribution in [0.2, 0.25) is 0 Å². The number of benzene rings is 1. The van der Waals surface area contributed by atoms with E-state index in [0.717, 1.165) is 18.2 Å². The molecule has 0 unspecified atom stereocenters. The fourth-order valence-electron chi connectivity index (χ4n) is 3.12. The normalized spacial score (nSPS) is 21.9. The maximum Gasteiger partial charge on any atom is 0.210 e. The Labute approximate surface area is 146 Å². The van der Waals surface area contributed by atoms with Crippen LogP contribution in [-0.2, 0) is 9.47 Å². The van der Waals surface area contributed by atoms with Gasteiger partial charge in [-0.25, -0.2) is 9.98 Å². The number of aliphatic imine (C=N–C) groups is 2. The van der Waals surface area contributed by atoms with Gasteiger partial charge in [0.1, 0.15) is 12.1 Å². The summed E-state index contributed by atoms with van der Waals surface area (Å²) >= 11 is 0. The van der Waals surface area contributed by atoms with Crippen LogP contribution in [0.4, 0.5) is 0 Å². The lowest BCUT2D eigenvalue weighted by Crippen LogP contribution is -2.40. The Morgan fingerprint density at radius 1 is 0.875 bits per heavy atom. The summed E-state index contributed by atoms with van der Waals surface area (Å²) in [6.07, 6.45) is 0.968. The zero-order valence-electron chi connectivity index (χ0n) is 15.5. The second kappa shape index (κ2) is 8.86. The smallest absolute Gasteiger partial charge is 0.210 e. The highest BCUT2D eigenvalue weighted by Gasteiger charge is 2.35. The Balaban J connectivity index is 2.41.